The summed E-state index contributed by atoms with van der Waals surface area (Å²) in [6, 6.07) is 59.4. The van der Waals surface area contributed by atoms with Gasteiger partial charge in [-0.25, -0.2) is 0 Å². The van der Waals surface area contributed by atoms with Gasteiger partial charge in [0.05, 0.1) is 52.9 Å². The monoisotopic (exact) mass is 993 g/mol. The Morgan fingerprint density at radius 1 is 0.370 bits per heavy atom. The molecule has 11 heteroatoms. The zero-order chi connectivity index (χ0) is 50.1. The molecule has 0 aliphatic carbocycles. The first kappa shape index (κ1) is 53.9. The van der Waals surface area contributed by atoms with Gasteiger partial charge in [-0.3, -0.25) is 4.79 Å². The number of Topliss-reactive ketones (excluding diaryl/α,β-unsaturated/α-hetero) is 1. The molecule has 2 fully saturated rings. The van der Waals surface area contributed by atoms with Crippen molar-refractivity contribution < 1.29 is 52.2 Å². The van der Waals surface area contributed by atoms with Crippen LogP contribution in [0.2, 0.25) is 0 Å². The standard InChI is InChI=1S/C62H72O11/c1-2-3-4-5-6-25-38-66-61-60(70-44-52-36-23-12-24-37-52)59(69-43-51-34-21-11-22-35-51)57(54(71-61)46-65-40-48-28-15-8-16-29-48)73-62-58(68-42-50-32-19-10-20-33-50)55(63)56(67-41-49-30-17-9-18-31-49)53(72-62)45-64-39-47-26-13-7-14-27-47/h7-24,26-37,53-54,56-62H,2-6,25,38-46H2,1H3/t53-,54-,56+,57-,58-,59+,60-,61-,62+/m1/s1. The van der Waals surface area contributed by atoms with Gasteiger partial charge < -0.3 is 47.4 Å². The number of carbonyl (C=O) groups is 1. The molecule has 0 radical (unpaired) electrons. The van der Waals surface area contributed by atoms with Gasteiger partial charge in [-0.15, -0.1) is 0 Å². The van der Waals surface area contributed by atoms with Crippen molar-refractivity contribution in [3.63, 3.8) is 0 Å². The second-order valence-electron chi connectivity index (χ2n) is 18.7. The van der Waals surface area contributed by atoms with Crippen molar-refractivity contribution >= 4 is 5.78 Å². The molecule has 2 aliphatic rings. The van der Waals surface area contributed by atoms with Crippen LogP contribution in [0.15, 0.2) is 182 Å². The molecule has 0 bridgehead atoms. The molecule has 2 aliphatic heterocycles. The lowest BCUT2D eigenvalue weighted by atomic mass is 9.96. The van der Waals surface area contributed by atoms with Crippen LogP contribution in [0, 0.1) is 0 Å². The van der Waals surface area contributed by atoms with Crippen molar-refractivity contribution in [2.24, 2.45) is 0 Å². The Balaban J connectivity index is 1.14. The van der Waals surface area contributed by atoms with E-state index in [1.54, 1.807) is 0 Å². The highest BCUT2D eigenvalue weighted by molar-refractivity contribution is 5.89. The first-order chi connectivity index (χ1) is 36.1. The van der Waals surface area contributed by atoms with Crippen LogP contribution in [0.3, 0.4) is 0 Å². The van der Waals surface area contributed by atoms with Gasteiger partial charge in [0.2, 0.25) is 0 Å². The molecule has 9 atom stereocenters. The SMILES string of the molecule is CCCCCCCCO[C@@H]1O[C@H](COCc2ccccc2)[C@@H](O[C@@H]2O[C@H](COCc3ccccc3)[C@H](OCc3ccccc3)C(=O)[C@H]2OCc2ccccc2)[C@H](OCc2ccccc2)[C@H]1OCc1ccccc1. The predicted molar refractivity (Wildman–Crippen MR) is 279 cm³/mol. The molecule has 2 saturated heterocycles. The molecule has 6 aromatic rings. The van der Waals surface area contributed by atoms with Crippen LogP contribution in [-0.4, -0.2) is 80.9 Å². The molecular weight excluding hydrogens is 921 g/mol. The third-order valence-electron chi connectivity index (χ3n) is 13.0. The van der Waals surface area contributed by atoms with Crippen LogP contribution in [0.25, 0.3) is 0 Å². The van der Waals surface area contributed by atoms with Crippen LogP contribution < -0.4 is 0 Å². The third kappa shape index (κ3) is 17.1. The predicted octanol–water partition coefficient (Wildman–Crippen LogP) is 11.5. The smallest absolute Gasteiger partial charge is 0.198 e. The van der Waals surface area contributed by atoms with Crippen LogP contribution in [0.5, 0.6) is 0 Å². The number of unbranched alkanes of at least 4 members (excludes halogenated alkanes) is 5. The summed E-state index contributed by atoms with van der Waals surface area (Å²) < 4.78 is 68.1. The fraction of sp³-hybridized carbons (Fsp3) is 0.403. The van der Waals surface area contributed by atoms with E-state index >= 15 is 4.79 Å². The fourth-order valence-electron chi connectivity index (χ4n) is 9.08. The lowest BCUT2D eigenvalue weighted by molar-refractivity contribution is -0.359. The maximum atomic E-state index is 15.3. The van der Waals surface area contributed by atoms with E-state index in [4.69, 9.17) is 47.4 Å². The van der Waals surface area contributed by atoms with Gasteiger partial charge in [0.1, 0.15) is 36.6 Å². The summed E-state index contributed by atoms with van der Waals surface area (Å²) in [6.45, 7) is 4.18. The Hall–Kier alpha value is -5.41. The van der Waals surface area contributed by atoms with Crippen LogP contribution in [0.4, 0.5) is 0 Å². The summed E-state index contributed by atoms with van der Waals surface area (Å²) >= 11 is 0. The molecule has 11 nitrogen and oxygen atoms in total. The van der Waals surface area contributed by atoms with Gasteiger partial charge >= 0.3 is 0 Å². The molecule has 0 amide bonds. The largest absolute Gasteiger partial charge is 0.374 e. The zero-order valence-electron chi connectivity index (χ0n) is 42.1. The van der Waals surface area contributed by atoms with Gasteiger partial charge in [-0.1, -0.05) is 221 Å². The summed E-state index contributed by atoms with van der Waals surface area (Å²) in [5.74, 6) is -0.330. The Morgan fingerprint density at radius 2 is 0.753 bits per heavy atom. The third-order valence-corrected chi connectivity index (χ3v) is 13.0. The highest BCUT2D eigenvalue weighted by atomic mass is 16.8. The highest BCUT2D eigenvalue weighted by Crippen LogP contribution is 2.35. The van der Waals surface area contributed by atoms with Crippen LogP contribution >= 0.6 is 0 Å². The van der Waals surface area contributed by atoms with Crippen molar-refractivity contribution in [1.29, 1.82) is 0 Å². The van der Waals surface area contributed by atoms with Crippen LogP contribution in [0.1, 0.15) is 78.8 Å². The van der Waals surface area contributed by atoms with Gasteiger partial charge in [0.25, 0.3) is 0 Å². The summed E-state index contributed by atoms with van der Waals surface area (Å²) in [5, 5.41) is 0. The molecule has 8 rings (SSSR count). The van der Waals surface area contributed by atoms with Crippen LogP contribution in [-0.2, 0) is 91.8 Å². The maximum absolute atomic E-state index is 15.3. The van der Waals surface area contributed by atoms with Crippen molar-refractivity contribution in [3.8, 4) is 0 Å². The highest BCUT2D eigenvalue weighted by Gasteiger charge is 2.54. The molecule has 2 heterocycles. The topological polar surface area (TPSA) is 109 Å². The molecule has 0 saturated carbocycles. The van der Waals surface area contributed by atoms with E-state index in [0.29, 0.717) is 19.8 Å². The molecule has 73 heavy (non-hydrogen) atoms. The second-order valence-corrected chi connectivity index (χ2v) is 18.7. The van der Waals surface area contributed by atoms with E-state index in [-0.39, 0.29) is 45.4 Å². The minimum atomic E-state index is -1.28. The minimum Gasteiger partial charge on any atom is -0.374 e. The molecule has 0 spiro atoms. The molecule has 0 N–H and O–H groups in total. The number of hydrogen-bond donors (Lipinski definition) is 0. The van der Waals surface area contributed by atoms with E-state index in [9.17, 15) is 0 Å². The second kappa shape index (κ2) is 30.1. The molecule has 386 valence electrons. The first-order valence-corrected chi connectivity index (χ1v) is 26.1. The summed E-state index contributed by atoms with van der Waals surface area (Å²) in [5.41, 5.74) is 5.70. The average molecular weight is 993 g/mol. The molecule has 0 aromatic heterocycles. The van der Waals surface area contributed by atoms with E-state index < -0.39 is 55.3 Å². The van der Waals surface area contributed by atoms with Crippen molar-refractivity contribution in [2.45, 2.75) is 140 Å². The Labute approximate surface area is 431 Å². The van der Waals surface area contributed by atoms with E-state index in [2.05, 4.69) is 6.92 Å². The van der Waals surface area contributed by atoms with Gasteiger partial charge in [0, 0.05) is 6.61 Å². The fourth-order valence-corrected chi connectivity index (χ4v) is 9.08. The summed E-state index contributed by atoms with van der Waals surface area (Å²) in [6.07, 6.45) is -2.06. The Morgan fingerprint density at radius 3 is 1.23 bits per heavy atom. The Kier molecular flexibility index (Phi) is 22.2. The number of ether oxygens (including phenoxy) is 10. The molecule has 0 unspecified atom stereocenters. The van der Waals surface area contributed by atoms with Crippen molar-refractivity contribution in [2.75, 3.05) is 19.8 Å². The lowest BCUT2D eigenvalue weighted by Gasteiger charge is -2.48. The number of carbonyl (C=O) groups excluding carboxylic acids is 1. The van der Waals surface area contributed by atoms with Gasteiger partial charge in [-0.05, 0) is 39.8 Å². The lowest BCUT2D eigenvalue weighted by Crippen LogP contribution is -2.65. The Bertz CT molecular complexity index is 2400. The number of benzene rings is 6. The molecular formula is C62H72O11. The van der Waals surface area contributed by atoms with E-state index in [1.165, 1.54) is 19.3 Å². The van der Waals surface area contributed by atoms with E-state index in [1.807, 2.05) is 182 Å². The minimum absolute atomic E-state index is 0.0290. The van der Waals surface area contributed by atoms with Crippen molar-refractivity contribution in [1.82, 2.24) is 0 Å². The first-order valence-electron chi connectivity index (χ1n) is 26.1. The molecule has 6 aromatic carbocycles. The quantitative estimate of drug-likeness (QED) is 0.0402. The maximum Gasteiger partial charge on any atom is 0.198 e. The van der Waals surface area contributed by atoms with Gasteiger partial charge in [-0.2, -0.15) is 0 Å². The van der Waals surface area contributed by atoms with E-state index in [0.717, 1.165) is 52.6 Å². The van der Waals surface area contributed by atoms with Gasteiger partial charge in [0.15, 0.2) is 24.5 Å². The average Bonchev–Trinajstić information content (AvgIpc) is 3.44. The number of hydrogen-bond acceptors (Lipinski definition) is 11. The normalized spacial score (nSPS) is 23.1. The summed E-state index contributed by atoms with van der Waals surface area (Å²) in [7, 11) is 0. The zero-order valence-corrected chi connectivity index (χ0v) is 42.1. The summed E-state index contributed by atoms with van der Waals surface area (Å²) in [4.78, 5) is 15.3. The van der Waals surface area contributed by atoms with Crippen molar-refractivity contribution in [3.05, 3.63) is 215 Å². The number of rotatable bonds is 30. The number of ketones is 1.